The number of rotatable bonds is 3. The molecule has 0 fully saturated rings. The van der Waals surface area contributed by atoms with E-state index in [1.165, 1.54) is 6.26 Å². The van der Waals surface area contributed by atoms with E-state index in [1.807, 2.05) is 0 Å². The first-order chi connectivity index (χ1) is 7.25. The van der Waals surface area contributed by atoms with E-state index in [-0.39, 0.29) is 18.0 Å². The van der Waals surface area contributed by atoms with Gasteiger partial charge in [-0.2, -0.15) is 0 Å². The summed E-state index contributed by atoms with van der Waals surface area (Å²) in [5, 5.41) is 9.07. The van der Waals surface area contributed by atoms with Gasteiger partial charge < -0.3 is 9.52 Å². The molecule has 0 saturated heterocycles. The molecule has 1 aromatic heterocycles. The predicted molar refractivity (Wildman–Crippen MR) is 54.8 cm³/mol. The molecule has 0 unspecified atom stereocenters. The van der Waals surface area contributed by atoms with Crippen molar-refractivity contribution in [3.8, 4) is 5.75 Å². The van der Waals surface area contributed by atoms with Crippen LogP contribution in [0.3, 0.4) is 0 Å². The zero-order chi connectivity index (χ0) is 10.7. The highest BCUT2D eigenvalue weighted by atomic mass is 16.3. The summed E-state index contributed by atoms with van der Waals surface area (Å²) in [6.45, 7) is 0. The Balaban J connectivity index is 2.09. The maximum atomic E-state index is 11.6. The van der Waals surface area contributed by atoms with Gasteiger partial charge in [0.15, 0.2) is 5.76 Å². The van der Waals surface area contributed by atoms with E-state index in [0.29, 0.717) is 5.76 Å². The van der Waals surface area contributed by atoms with Crippen LogP contribution in [0.5, 0.6) is 5.75 Å². The van der Waals surface area contributed by atoms with Crippen molar-refractivity contribution in [1.82, 2.24) is 0 Å². The van der Waals surface area contributed by atoms with Gasteiger partial charge in [-0.15, -0.1) is 0 Å². The minimum Gasteiger partial charge on any atom is -0.508 e. The molecule has 2 aromatic rings. The molecule has 0 radical (unpaired) electrons. The van der Waals surface area contributed by atoms with E-state index in [4.69, 9.17) is 9.52 Å². The van der Waals surface area contributed by atoms with Crippen LogP contribution in [0.15, 0.2) is 47.1 Å². The summed E-state index contributed by atoms with van der Waals surface area (Å²) in [6.07, 6.45) is 1.76. The Morgan fingerprint density at radius 2 is 1.93 bits per heavy atom. The quantitative estimate of drug-likeness (QED) is 0.777. The fraction of sp³-hybridized carbons (Fsp3) is 0.0833. The molecule has 0 atom stereocenters. The predicted octanol–water partition coefficient (Wildman–Crippen LogP) is 2.41. The molecule has 0 aliphatic rings. The molecule has 0 spiro atoms. The van der Waals surface area contributed by atoms with E-state index >= 15 is 0 Å². The van der Waals surface area contributed by atoms with Crippen LogP contribution in [-0.4, -0.2) is 10.9 Å². The van der Waals surface area contributed by atoms with Crippen molar-refractivity contribution in [2.45, 2.75) is 6.42 Å². The molecule has 3 nitrogen and oxygen atoms in total. The van der Waals surface area contributed by atoms with E-state index in [0.717, 1.165) is 5.56 Å². The second-order valence-electron chi connectivity index (χ2n) is 3.24. The number of hydrogen-bond donors (Lipinski definition) is 1. The highest BCUT2D eigenvalue weighted by molar-refractivity contribution is 5.94. The minimum absolute atomic E-state index is 0.0642. The van der Waals surface area contributed by atoms with Crippen LogP contribution in [0.2, 0.25) is 0 Å². The van der Waals surface area contributed by atoms with Crippen molar-refractivity contribution in [3.05, 3.63) is 54.0 Å². The van der Waals surface area contributed by atoms with Crippen LogP contribution in [0.4, 0.5) is 0 Å². The maximum absolute atomic E-state index is 11.6. The number of Topliss-reactive ketones (excluding diaryl/α,β-unsaturated/α-hetero) is 1. The van der Waals surface area contributed by atoms with E-state index in [9.17, 15) is 4.79 Å². The first kappa shape index (κ1) is 9.52. The summed E-state index contributed by atoms with van der Waals surface area (Å²) in [5.74, 6) is 0.498. The van der Waals surface area contributed by atoms with Gasteiger partial charge in [-0.1, -0.05) is 12.1 Å². The van der Waals surface area contributed by atoms with Gasteiger partial charge in [-0.25, -0.2) is 0 Å². The van der Waals surface area contributed by atoms with Crippen molar-refractivity contribution in [2.24, 2.45) is 0 Å². The molecule has 0 amide bonds. The molecule has 1 N–H and O–H groups in total. The molecule has 3 heteroatoms. The molecular formula is C12H10O3. The third kappa shape index (κ3) is 2.26. The van der Waals surface area contributed by atoms with Crippen LogP contribution >= 0.6 is 0 Å². The molecule has 1 heterocycles. The topological polar surface area (TPSA) is 50.4 Å². The Morgan fingerprint density at radius 1 is 1.20 bits per heavy atom. The van der Waals surface area contributed by atoms with Gasteiger partial charge in [-0.3, -0.25) is 4.79 Å². The molecule has 2 rings (SSSR count). The van der Waals surface area contributed by atoms with Crippen molar-refractivity contribution in [1.29, 1.82) is 0 Å². The van der Waals surface area contributed by atoms with Gasteiger partial charge in [0.2, 0.25) is 5.78 Å². The van der Waals surface area contributed by atoms with Gasteiger partial charge in [0.25, 0.3) is 0 Å². The molecule has 0 aliphatic heterocycles. The zero-order valence-corrected chi connectivity index (χ0v) is 8.01. The van der Waals surface area contributed by atoms with Gasteiger partial charge in [0.1, 0.15) is 5.75 Å². The number of benzene rings is 1. The molecular weight excluding hydrogens is 192 g/mol. The van der Waals surface area contributed by atoms with Crippen LogP contribution in [0, 0.1) is 0 Å². The van der Waals surface area contributed by atoms with Crippen LogP contribution < -0.4 is 0 Å². The third-order valence-corrected chi connectivity index (χ3v) is 2.10. The van der Waals surface area contributed by atoms with Crippen molar-refractivity contribution in [2.75, 3.05) is 0 Å². The fourth-order valence-corrected chi connectivity index (χ4v) is 1.32. The van der Waals surface area contributed by atoms with E-state index in [2.05, 4.69) is 0 Å². The van der Waals surface area contributed by atoms with Gasteiger partial charge in [0.05, 0.1) is 6.26 Å². The van der Waals surface area contributed by atoms with E-state index in [1.54, 1.807) is 36.4 Å². The Hall–Kier alpha value is -2.03. The summed E-state index contributed by atoms with van der Waals surface area (Å²) in [7, 11) is 0. The standard InChI is InChI=1S/C12H10O3/c13-10-5-3-9(4-6-10)8-11(14)12-2-1-7-15-12/h1-7,13H,8H2. The summed E-state index contributed by atoms with van der Waals surface area (Å²) in [6, 6.07) is 9.88. The van der Waals surface area contributed by atoms with Gasteiger partial charge in [0, 0.05) is 6.42 Å². The second kappa shape index (κ2) is 4.00. The number of carbonyl (C=O) groups excluding carboxylic acids is 1. The lowest BCUT2D eigenvalue weighted by atomic mass is 10.1. The van der Waals surface area contributed by atoms with Crippen LogP contribution in [-0.2, 0) is 6.42 Å². The van der Waals surface area contributed by atoms with Gasteiger partial charge in [-0.05, 0) is 29.8 Å². The number of aromatic hydroxyl groups is 1. The average molecular weight is 202 g/mol. The third-order valence-electron chi connectivity index (χ3n) is 2.10. The number of furan rings is 1. The largest absolute Gasteiger partial charge is 0.508 e. The summed E-state index contributed by atoms with van der Waals surface area (Å²) in [5.41, 5.74) is 0.856. The van der Waals surface area contributed by atoms with Crippen LogP contribution in [0.1, 0.15) is 16.1 Å². The summed E-state index contributed by atoms with van der Waals surface area (Å²) < 4.78 is 4.99. The lowest BCUT2D eigenvalue weighted by molar-refractivity contribution is 0.0966. The number of phenols is 1. The zero-order valence-electron chi connectivity index (χ0n) is 8.01. The Kier molecular flexibility index (Phi) is 2.54. The monoisotopic (exact) mass is 202 g/mol. The maximum Gasteiger partial charge on any atom is 0.202 e. The highest BCUT2D eigenvalue weighted by Crippen LogP contribution is 2.12. The van der Waals surface area contributed by atoms with Crippen molar-refractivity contribution < 1.29 is 14.3 Å². The lowest BCUT2D eigenvalue weighted by Crippen LogP contribution is -2.01. The molecule has 15 heavy (non-hydrogen) atoms. The Labute approximate surface area is 87.0 Å². The first-order valence-electron chi connectivity index (χ1n) is 4.60. The molecule has 0 aliphatic carbocycles. The fourth-order valence-electron chi connectivity index (χ4n) is 1.32. The number of carbonyl (C=O) groups is 1. The second-order valence-corrected chi connectivity index (χ2v) is 3.24. The SMILES string of the molecule is O=C(Cc1ccc(O)cc1)c1ccco1. The average Bonchev–Trinajstić information content (AvgIpc) is 2.74. The highest BCUT2D eigenvalue weighted by Gasteiger charge is 2.09. The summed E-state index contributed by atoms with van der Waals surface area (Å²) in [4.78, 5) is 11.6. The number of hydrogen-bond acceptors (Lipinski definition) is 3. The molecule has 0 saturated carbocycles. The van der Waals surface area contributed by atoms with Crippen LogP contribution in [0.25, 0.3) is 0 Å². The number of phenolic OH excluding ortho intramolecular Hbond substituents is 1. The Morgan fingerprint density at radius 3 is 2.53 bits per heavy atom. The molecule has 76 valence electrons. The minimum atomic E-state index is -0.0642. The molecule has 1 aromatic carbocycles. The lowest BCUT2D eigenvalue weighted by Gasteiger charge is -1.98. The Bertz CT molecular complexity index is 440. The summed E-state index contributed by atoms with van der Waals surface area (Å²) >= 11 is 0. The smallest absolute Gasteiger partial charge is 0.202 e. The van der Waals surface area contributed by atoms with Crippen molar-refractivity contribution >= 4 is 5.78 Å². The van der Waals surface area contributed by atoms with Crippen molar-refractivity contribution in [3.63, 3.8) is 0 Å². The molecule has 0 bridgehead atoms. The van der Waals surface area contributed by atoms with Gasteiger partial charge >= 0.3 is 0 Å². The number of ketones is 1. The van der Waals surface area contributed by atoms with E-state index < -0.39 is 0 Å². The first-order valence-corrected chi connectivity index (χ1v) is 4.60. The normalized spacial score (nSPS) is 10.1.